The van der Waals surface area contributed by atoms with Crippen molar-refractivity contribution in [3.05, 3.63) is 0 Å². The summed E-state index contributed by atoms with van der Waals surface area (Å²) < 4.78 is 9.23. The van der Waals surface area contributed by atoms with E-state index in [1.807, 2.05) is 0 Å². The molecule has 0 saturated carbocycles. The van der Waals surface area contributed by atoms with Crippen molar-refractivity contribution in [2.24, 2.45) is 0 Å². The van der Waals surface area contributed by atoms with E-state index < -0.39 is 61.1 Å². The van der Waals surface area contributed by atoms with Crippen LogP contribution in [-0.4, -0.2) is 57.4 Å². The van der Waals surface area contributed by atoms with Gasteiger partial charge in [-0.25, -0.2) is 4.79 Å². The Morgan fingerprint density at radius 1 is 0.688 bits per heavy atom. The molecule has 0 aromatic heterocycles. The van der Waals surface area contributed by atoms with Gasteiger partial charge in [-0.2, -0.15) is 0 Å². The first kappa shape index (κ1) is 29.5. The van der Waals surface area contributed by atoms with Crippen LogP contribution in [0.1, 0.15) is 96.8 Å². The second-order valence-electron chi connectivity index (χ2n) is 7.83. The zero-order valence-corrected chi connectivity index (χ0v) is 18.8. The summed E-state index contributed by atoms with van der Waals surface area (Å²) in [6.45, 7) is 2.25. The second kappa shape index (κ2) is 17.1. The van der Waals surface area contributed by atoms with Gasteiger partial charge in [0.25, 0.3) is 0 Å². The van der Waals surface area contributed by atoms with Crippen LogP contribution in [0.15, 0.2) is 0 Å². The van der Waals surface area contributed by atoms with E-state index in [4.69, 9.17) is 9.84 Å². The molecule has 3 N–H and O–H groups in total. The molecule has 0 heterocycles. The molecule has 184 valence electrons. The fourth-order valence-corrected chi connectivity index (χ4v) is 2.94. The Labute approximate surface area is 188 Å². The van der Waals surface area contributed by atoms with Gasteiger partial charge in [-0.05, 0) is 6.42 Å². The van der Waals surface area contributed by atoms with Gasteiger partial charge < -0.3 is 24.8 Å². The molecule has 0 aromatic carbocycles. The van der Waals surface area contributed by atoms with Crippen molar-refractivity contribution in [3.63, 3.8) is 0 Å². The Balaban J connectivity index is 4.15. The topological polar surface area (TPSA) is 164 Å². The highest BCUT2D eigenvalue weighted by atomic mass is 16.6. The Bertz CT molecular complexity index is 616. The van der Waals surface area contributed by atoms with Gasteiger partial charge in [0.15, 0.2) is 5.60 Å². The smallest absolute Gasteiger partial charge is 0.336 e. The van der Waals surface area contributed by atoms with E-state index >= 15 is 0 Å². The molecule has 10 nitrogen and oxygen atoms in total. The lowest BCUT2D eigenvalue weighted by molar-refractivity contribution is -0.175. The first-order valence-corrected chi connectivity index (χ1v) is 11.2. The average molecular weight is 461 g/mol. The minimum absolute atomic E-state index is 0.0726. The maximum absolute atomic E-state index is 11.9. The average Bonchev–Trinajstić information content (AvgIpc) is 2.70. The predicted molar refractivity (Wildman–Crippen MR) is 113 cm³/mol. The molecule has 1 unspecified atom stereocenters. The number of esters is 3. The normalized spacial score (nSPS) is 12.6. The van der Waals surface area contributed by atoms with Gasteiger partial charge in [0, 0.05) is 0 Å². The molecule has 0 spiro atoms. The minimum Gasteiger partial charge on any atom is -0.481 e. The monoisotopic (exact) mass is 460 g/mol. The molecule has 0 rings (SSSR count). The third kappa shape index (κ3) is 15.3. The molecular weight excluding hydrogens is 424 g/mol. The second-order valence-corrected chi connectivity index (χ2v) is 7.83. The number of hydrogen-bond donors (Lipinski definition) is 3. The fourth-order valence-electron chi connectivity index (χ4n) is 2.94. The van der Waals surface area contributed by atoms with E-state index in [0.717, 1.165) is 19.3 Å². The summed E-state index contributed by atoms with van der Waals surface area (Å²) in [5.74, 6) is -6.66. The summed E-state index contributed by atoms with van der Waals surface area (Å²) in [5.41, 5.74) is -2.79. The number of carbonyl (C=O) groups is 5. The highest BCUT2D eigenvalue weighted by Gasteiger charge is 2.42. The van der Waals surface area contributed by atoms with E-state index in [2.05, 4.69) is 11.7 Å². The SMILES string of the molecule is CCCCCCCCCCCCOC(=O)CC(O)(CC(=O)OC(=O)CCC(=O)O)C(=O)O. The number of unbranched alkanes of at least 4 members (excludes halogenated alkanes) is 9. The Morgan fingerprint density at radius 2 is 1.19 bits per heavy atom. The van der Waals surface area contributed by atoms with Gasteiger partial charge in [-0.1, -0.05) is 64.7 Å². The summed E-state index contributed by atoms with van der Waals surface area (Å²) in [4.78, 5) is 56.6. The van der Waals surface area contributed by atoms with Crippen LogP contribution in [0.3, 0.4) is 0 Å². The largest absolute Gasteiger partial charge is 0.481 e. The predicted octanol–water partition coefficient (Wildman–Crippen LogP) is 2.98. The van der Waals surface area contributed by atoms with Gasteiger partial charge in [-0.3, -0.25) is 19.2 Å². The third-order valence-electron chi connectivity index (χ3n) is 4.80. The molecule has 0 bridgehead atoms. The number of carbonyl (C=O) groups excluding carboxylic acids is 3. The maximum Gasteiger partial charge on any atom is 0.336 e. The third-order valence-corrected chi connectivity index (χ3v) is 4.80. The van der Waals surface area contributed by atoms with E-state index in [-0.39, 0.29) is 6.61 Å². The van der Waals surface area contributed by atoms with Crippen molar-refractivity contribution in [2.75, 3.05) is 6.61 Å². The minimum atomic E-state index is -2.79. The van der Waals surface area contributed by atoms with Crippen LogP contribution in [-0.2, 0) is 33.4 Å². The number of carboxylic acids is 2. The van der Waals surface area contributed by atoms with Gasteiger partial charge in [0.05, 0.1) is 32.3 Å². The van der Waals surface area contributed by atoms with E-state index in [0.29, 0.717) is 6.42 Å². The van der Waals surface area contributed by atoms with E-state index in [9.17, 15) is 34.2 Å². The Hall–Kier alpha value is -2.49. The van der Waals surface area contributed by atoms with Crippen LogP contribution in [0.5, 0.6) is 0 Å². The van der Waals surface area contributed by atoms with Crippen molar-refractivity contribution in [3.8, 4) is 0 Å². The van der Waals surface area contributed by atoms with E-state index in [1.165, 1.54) is 38.5 Å². The van der Waals surface area contributed by atoms with Crippen LogP contribution in [0.25, 0.3) is 0 Å². The van der Waals surface area contributed by atoms with Crippen LogP contribution in [0.4, 0.5) is 0 Å². The zero-order valence-electron chi connectivity index (χ0n) is 18.8. The van der Waals surface area contributed by atoms with Crippen molar-refractivity contribution in [1.82, 2.24) is 0 Å². The lowest BCUT2D eigenvalue weighted by atomic mass is 9.96. The molecule has 0 radical (unpaired) electrons. The Morgan fingerprint density at radius 3 is 1.69 bits per heavy atom. The number of rotatable bonds is 19. The molecule has 0 aliphatic carbocycles. The van der Waals surface area contributed by atoms with Gasteiger partial charge in [0.1, 0.15) is 0 Å². The number of carboxylic acid groups (broad SMARTS) is 2. The Kier molecular flexibility index (Phi) is 15.8. The summed E-state index contributed by atoms with van der Waals surface area (Å²) in [6.07, 6.45) is 7.68. The fraction of sp³-hybridized carbons (Fsp3) is 0.773. The quantitative estimate of drug-likeness (QED) is 0.148. The van der Waals surface area contributed by atoms with Crippen LogP contribution < -0.4 is 0 Å². The molecule has 32 heavy (non-hydrogen) atoms. The molecule has 0 fully saturated rings. The number of aliphatic carboxylic acids is 2. The van der Waals surface area contributed by atoms with Crippen molar-refractivity contribution < 1.29 is 48.8 Å². The van der Waals surface area contributed by atoms with Crippen molar-refractivity contribution >= 4 is 29.8 Å². The maximum atomic E-state index is 11.9. The standard InChI is InChI=1S/C22H36O10/c1-2-3-4-5-6-7-8-9-10-11-14-31-19(26)15-22(30,21(28)29)16-20(27)32-18(25)13-12-17(23)24/h30H,2-16H2,1H3,(H,23,24)(H,28,29). The van der Waals surface area contributed by atoms with Gasteiger partial charge in [0.2, 0.25) is 0 Å². The molecular formula is C22H36O10. The molecule has 10 heteroatoms. The lowest BCUT2D eigenvalue weighted by Gasteiger charge is -2.21. The first-order chi connectivity index (χ1) is 15.1. The first-order valence-electron chi connectivity index (χ1n) is 11.2. The van der Waals surface area contributed by atoms with Crippen molar-refractivity contribution in [1.29, 1.82) is 0 Å². The molecule has 0 aliphatic rings. The number of hydrogen-bond acceptors (Lipinski definition) is 8. The molecule has 0 aliphatic heterocycles. The summed E-state index contributed by atoms with van der Waals surface area (Å²) in [7, 11) is 0. The van der Waals surface area contributed by atoms with Crippen LogP contribution >= 0.6 is 0 Å². The van der Waals surface area contributed by atoms with E-state index in [1.54, 1.807) is 0 Å². The highest BCUT2D eigenvalue weighted by Crippen LogP contribution is 2.19. The van der Waals surface area contributed by atoms with Crippen LogP contribution in [0, 0.1) is 0 Å². The highest BCUT2D eigenvalue weighted by molar-refractivity contribution is 5.92. The molecule has 0 amide bonds. The summed E-state index contributed by atoms with van der Waals surface area (Å²) >= 11 is 0. The van der Waals surface area contributed by atoms with Gasteiger partial charge in [-0.15, -0.1) is 0 Å². The van der Waals surface area contributed by atoms with Crippen LogP contribution in [0.2, 0.25) is 0 Å². The number of aliphatic hydroxyl groups is 1. The molecule has 0 aromatic rings. The lowest BCUT2D eigenvalue weighted by Crippen LogP contribution is -2.43. The summed E-state index contributed by atoms with van der Waals surface area (Å²) in [5, 5.41) is 27.8. The summed E-state index contributed by atoms with van der Waals surface area (Å²) in [6, 6.07) is 0. The van der Waals surface area contributed by atoms with Gasteiger partial charge >= 0.3 is 29.8 Å². The molecule has 1 atom stereocenters. The van der Waals surface area contributed by atoms with Crippen molar-refractivity contribution in [2.45, 2.75) is 102 Å². The molecule has 0 saturated heterocycles. The zero-order chi connectivity index (χ0) is 24.4. The number of ether oxygens (including phenoxy) is 2.